The van der Waals surface area contributed by atoms with Crippen molar-refractivity contribution < 1.29 is 4.79 Å². The zero-order chi connectivity index (χ0) is 13.1. The van der Waals surface area contributed by atoms with Gasteiger partial charge in [-0.05, 0) is 24.3 Å². The fourth-order valence-electron chi connectivity index (χ4n) is 1.38. The molecule has 0 aliphatic carbocycles. The van der Waals surface area contributed by atoms with Gasteiger partial charge in [0, 0.05) is 28.0 Å². The molecule has 0 saturated carbocycles. The average Bonchev–Trinajstić information content (AvgIpc) is 2.28. The number of amides is 1. The molecule has 2 aromatic rings. The highest BCUT2D eigenvalue weighted by atomic mass is 35.5. The lowest BCUT2D eigenvalue weighted by atomic mass is 10.2. The Morgan fingerprint density at radius 3 is 2.33 bits per heavy atom. The summed E-state index contributed by atoms with van der Waals surface area (Å²) < 4.78 is 0. The number of carbonyl (C=O) groups excluding carboxylic acids is 1. The highest BCUT2D eigenvalue weighted by molar-refractivity contribution is 6.35. The zero-order valence-electron chi connectivity index (χ0n) is 9.04. The lowest BCUT2D eigenvalue weighted by Crippen LogP contribution is -2.14. The molecule has 0 atom stereocenters. The lowest BCUT2D eigenvalue weighted by molar-refractivity contribution is 0.102. The minimum Gasteiger partial charge on any atom is -0.328 e. The standard InChI is InChI=1S/C12H8Cl2N2O2/c13-8-3-9(14)5-10(4-8)16-12(18)7-1-2-11(17)15-6-7/h1-6H,(H,15,17)(H,16,18). The Morgan fingerprint density at radius 2 is 1.78 bits per heavy atom. The van der Waals surface area contributed by atoms with Gasteiger partial charge >= 0.3 is 0 Å². The molecular formula is C12H8Cl2N2O2. The molecule has 1 aromatic heterocycles. The number of aromatic nitrogens is 1. The summed E-state index contributed by atoms with van der Waals surface area (Å²) in [5, 5.41) is 3.49. The van der Waals surface area contributed by atoms with Crippen LogP contribution in [0.4, 0.5) is 5.69 Å². The van der Waals surface area contributed by atoms with Crippen molar-refractivity contribution in [2.75, 3.05) is 5.32 Å². The third-order valence-electron chi connectivity index (χ3n) is 2.17. The molecule has 1 amide bonds. The number of rotatable bonds is 2. The van der Waals surface area contributed by atoms with E-state index in [0.717, 1.165) is 0 Å². The molecule has 0 unspecified atom stereocenters. The average molecular weight is 283 g/mol. The van der Waals surface area contributed by atoms with Crippen LogP contribution in [-0.2, 0) is 0 Å². The number of carbonyl (C=O) groups is 1. The molecule has 0 aliphatic rings. The summed E-state index contributed by atoms with van der Waals surface area (Å²) in [5.74, 6) is -0.357. The highest BCUT2D eigenvalue weighted by Gasteiger charge is 2.07. The fraction of sp³-hybridized carbons (Fsp3) is 0. The van der Waals surface area contributed by atoms with Crippen molar-refractivity contribution in [1.82, 2.24) is 4.98 Å². The first-order valence-corrected chi connectivity index (χ1v) is 5.76. The predicted molar refractivity (Wildman–Crippen MR) is 71.5 cm³/mol. The van der Waals surface area contributed by atoms with E-state index in [-0.39, 0.29) is 11.5 Å². The number of anilines is 1. The number of hydrogen-bond acceptors (Lipinski definition) is 2. The van der Waals surface area contributed by atoms with Crippen LogP contribution in [-0.4, -0.2) is 10.9 Å². The van der Waals surface area contributed by atoms with E-state index in [0.29, 0.717) is 21.3 Å². The maximum atomic E-state index is 11.8. The first-order chi connectivity index (χ1) is 8.54. The van der Waals surface area contributed by atoms with Gasteiger partial charge in [0.15, 0.2) is 0 Å². The van der Waals surface area contributed by atoms with Crippen LogP contribution in [0.1, 0.15) is 10.4 Å². The quantitative estimate of drug-likeness (QED) is 0.890. The Labute approximate surface area is 113 Å². The summed E-state index contributed by atoms with van der Waals surface area (Å²) in [6.07, 6.45) is 1.34. The van der Waals surface area contributed by atoms with Crippen LogP contribution < -0.4 is 10.9 Å². The van der Waals surface area contributed by atoms with Gasteiger partial charge in [0.25, 0.3) is 5.91 Å². The molecule has 0 bridgehead atoms. The van der Waals surface area contributed by atoms with E-state index >= 15 is 0 Å². The third-order valence-corrected chi connectivity index (χ3v) is 2.60. The Hall–Kier alpha value is -1.78. The lowest BCUT2D eigenvalue weighted by Gasteiger charge is -2.06. The monoisotopic (exact) mass is 282 g/mol. The highest BCUT2D eigenvalue weighted by Crippen LogP contribution is 2.22. The summed E-state index contributed by atoms with van der Waals surface area (Å²) in [4.78, 5) is 25.1. The van der Waals surface area contributed by atoms with E-state index in [1.54, 1.807) is 18.2 Å². The summed E-state index contributed by atoms with van der Waals surface area (Å²) in [5.41, 5.74) is 0.562. The third kappa shape index (κ3) is 3.12. The van der Waals surface area contributed by atoms with Crippen LogP contribution >= 0.6 is 23.2 Å². The van der Waals surface area contributed by atoms with Gasteiger partial charge in [0.05, 0.1) is 5.56 Å². The van der Waals surface area contributed by atoms with Gasteiger partial charge in [0.1, 0.15) is 0 Å². The summed E-state index contributed by atoms with van der Waals surface area (Å²) in [6, 6.07) is 7.44. The number of benzene rings is 1. The topological polar surface area (TPSA) is 62.0 Å². The first kappa shape index (κ1) is 12.7. The van der Waals surface area contributed by atoms with Gasteiger partial charge in [-0.25, -0.2) is 0 Å². The van der Waals surface area contributed by atoms with Crippen LogP contribution in [0.15, 0.2) is 41.3 Å². The molecule has 0 spiro atoms. The van der Waals surface area contributed by atoms with Crippen molar-refractivity contribution in [2.45, 2.75) is 0 Å². The molecular weight excluding hydrogens is 275 g/mol. The van der Waals surface area contributed by atoms with Crippen LogP contribution in [0.3, 0.4) is 0 Å². The smallest absolute Gasteiger partial charge is 0.257 e. The van der Waals surface area contributed by atoms with E-state index in [1.807, 2.05) is 0 Å². The molecule has 0 fully saturated rings. The summed E-state index contributed by atoms with van der Waals surface area (Å²) in [6.45, 7) is 0. The predicted octanol–water partition coefficient (Wildman–Crippen LogP) is 2.93. The number of aromatic amines is 1. The molecule has 1 aromatic carbocycles. The molecule has 0 saturated heterocycles. The number of hydrogen-bond donors (Lipinski definition) is 2. The number of halogens is 2. The van der Waals surface area contributed by atoms with Crippen LogP contribution in [0, 0.1) is 0 Å². The van der Waals surface area contributed by atoms with Crippen molar-refractivity contribution in [3.63, 3.8) is 0 Å². The van der Waals surface area contributed by atoms with Crippen LogP contribution in [0.25, 0.3) is 0 Å². The second-order valence-electron chi connectivity index (χ2n) is 3.55. The largest absolute Gasteiger partial charge is 0.328 e. The SMILES string of the molecule is O=C(Nc1cc(Cl)cc(Cl)c1)c1ccc(=O)[nH]c1. The molecule has 18 heavy (non-hydrogen) atoms. The zero-order valence-corrected chi connectivity index (χ0v) is 10.5. The van der Waals surface area contributed by atoms with Crippen molar-refractivity contribution in [1.29, 1.82) is 0 Å². The van der Waals surface area contributed by atoms with Crippen molar-refractivity contribution in [2.24, 2.45) is 0 Å². The van der Waals surface area contributed by atoms with Crippen LogP contribution in [0.5, 0.6) is 0 Å². The van der Waals surface area contributed by atoms with E-state index in [9.17, 15) is 9.59 Å². The number of pyridine rings is 1. The summed E-state index contributed by atoms with van der Waals surface area (Å²) in [7, 11) is 0. The molecule has 6 heteroatoms. The molecule has 2 rings (SSSR count). The van der Waals surface area contributed by atoms with Gasteiger partial charge < -0.3 is 10.3 Å². The summed E-state index contributed by atoms with van der Waals surface area (Å²) >= 11 is 11.6. The Bertz CT molecular complexity index is 612. The molecule has 2 N–H and O–H groups in total. The second-order valence-corrected chi connectivity index (χ2v) is 4.43. The van der Waals surface area contributed by atoms with Crippen LogP contribution in [0.2, 0.25) is 10.0 Å². The Kier molecular flexibility index (Phi) is 3.69. The Balaban J connectivity index is 2.21. The van der Waals surface area contributed by atoms with Gasteiger partial charge in [-0.3, -0.25) is 9.59 Å². The minimum atomic E-state index is -0.357. The number of H-pyrrole nitrogens is 1. The maximum absolute atomic E-state index is 11.8. The number of nitrogens with one attached hydrogen (secondary N) is 2. The van der Waals surface area contributed by atoms with E-state index in [4.69, 9.17) is 23.2 Å². The molecule has 92 valence electrons. The van der Waals surface area contributed by atoms with Gasteiger partial charge in [-0.15, -0.1) is 0 Å². The van der Waals surface area contributed by atoms with Gasteiger partial charge in [-0.1, -0.05) is 23.2 Å². The van der Waals surface area contributed by atoms with Crippen molar-refractivity contribution in [3.05, 3.63) is 62.5 Å². The molecule has 1 heterocycles. The molecule has 0 radical (unpaired) electrons. The first-order valence-electron chi connectivity index (χ1n) is 5.01. The van der Waals surface area contributed by atoms with Crippen molar-refractivity contribution in [3.8, 4) is 0 Å². The maximum Gasteiger partial charge on any atom is 0.257 e. The van der Waals surface area contributed by atoms with Gasteiger partial charge in [0.2, 0.25) is 5.56 Å². The molecule has 4 nitrogen and oxygen atoms in total. The van der Waals surface area contributed by atoms with E-state index in [2.05, 4.69) is 10.3 Å². The fourth-order valence-corrected chi connectivity index (χ4v) is 1.91. The Morgan fingerprint density at radius 1 is 1.11 bits per heavy atom. The molecule has 0 aliphatic heterocycles. The normalized spacial score (nSPS) is 10.1. The van der Waals surface area contributed by atoms with Gasteiger partial charge in [-0.2, -0.15) is 0 Å². The minimum absolute atomic E-state index is 0.266. The van der Waals surface area contributed by atoms with Crippen molar-refractivity contribution >= 4 is 34.8 Å². The second kappa shape index (κ2) is 5.25. The van der Waals surface area contributed by atoms with E-state index in [1.165, 1.54) is 18.3 Å². The van der Waals surface area contributed by atoms with E-state index < -0.39 is 0 Å².